The molecule has 50 heavy (non-hydrogen) atoms. The van der Waals surface area contributed by atoms with Gasteiger partial charge in [0.1, 0.15) is 11.5 Å². The molecule has 4 nitrogen and oxygen atoms in total. The number of pyridine rings is 2. The fourth-order valence-corrected chi connectivity index (χ4v) is 7.45. The van der Waals surface area contributed by atoms with Crippen LogP contribution >= 0.6 is 0 Å². The van der Waals surface area contributed by atoms with Crippen LogP contribution in [-0.2, 0) is 0 Å². The van der Waals surface area contributed by atoms with Crippen LogP contribution in [0.4, 0.5) is 0 Å². The summed E-state index contributed by atoms with van der Waals surface area (Å²) in [6.45, 7) is 0. The lowest BCUT2D eigenvalue weighted by atomic mass is 10.0. The SMILES string of the molecule is c1ccc(-c2cc(-c3ccccc3)nc(-n3c4cc(-c5ccc6c(c5)c5ccccc5n6-c5ccccc5)ccc4c4cccnc43)c2)cc1. The standard InChI is InChI=1S/C46H30N4/c1-4-13-31(14-5-1)35-28-41(32-15-6-2-7-16-32)48-45(30-35)50-44-29-34(22-24-38(44)39-20-12-26-47-46(39)50)33-23-25-43-40(27-33)37-19-10-11-21-42(37)49(43)36-17-8-3-9-18-36/h1-30H. The largest absolute Gasteiger partial charge is 0.309 e. The predicted molar refractivity (Wildman–Crippen MR) is 207 cm³/mol. The number of para-hydroxylation sites is 2. The van der Waals surface area contributed by atoms with E-state index in [1.54, 1.807) is 0 Å². The highest BCUT2D eigenvalue weighted by Gasteiger charge is 2.18. The van der Waals surface area contributed by atoms with Gasteiger partial charge in [-0.15, -0.1) is 0 Å². The fraction of sp³-hybridized carbons (Fsp3) is 0. The van der Waals surface area contributed by atoms with Gasteiger partial charge in [0.15, 0.2) is 0 Å². The monoisotopic (exact) mass is 638 g/mol. The van der Waals surface area contributed by atoms with Crippen LogP contribution < -0.4 is 0 Å². The van der Waals surface area contributed by atoms with Gasteiger partial charge < -0.3 is 4.57 Å². The van der Waals surface area contributed by atoms with Crippen LogP contribution in [0.2, 0.25) is 0 Å². The molecule has 0 unspecified atom stereocenters. The van der Waals surface area contributed by atoms with Crippen molar-refractivity contribution < 1.29 is 0 Å². The summed E-state index contributed by atoms with van der Waals surface area (Å²) in [4.78, 5) is 10.2. The van der Waals surface area contributed by atoms with Gasteiger partial charge in [0.2, 0.25) is 0 Å². The number of nitrogens with zero attached hydrogens (tertiary/aromatic N) is 4. The minimum Gasteiger partial charge on any atom is -0.309 e. The Hall–Kier alpha value is -6.78. The Morgan fingerprint density at radius 1 is 0.360 bits per heavy atom. The topological polar surface area (TPSA) is 35.6 Å². The van der Waals surface area contributed by atoms with E-state index in [2.05, 4.69) is 173 Å². The van der Waals surface area contributed by atoms with E-state index < -0.39 is 0 Å². The number of fused-ring (bicyclic) bond motifs is 6. The molecule has 0 saturated heterocycles. The van der Waals surface area contributed by atoms with E-state index in [4.69, 9.17) is 9.97 Å². The third-order valence-electron chi connectivity index (χ3n) is 9.77. The molecule has 4 heterocycles. The molecule has 4 heteroatoms. The van der Waals surface area contributed by atoms with Gasteiger partial charge in [-0.25, -0.2) is 9.97 Å². The zero-order chi connectivity index (χ0) is 33.0. The van der Waals surface area contributed by atoms with E-state index in [0.29, 0.717) is 0 Å². The van der Waals surface area contributed by atoms with Crippen molar-refractivity contribution in [2.45, 2.75) is 0 Å². The first-order valence-corrected chi connectivity index (χ1v) is 16.9. The Morgan fingerprint density at radius 3 is 1.82 bits per heavy atom. The maximum absolute atomic E-state index is 5.30. The van der Waals surface area contributed by atoms with Crippen molar-refractivity contribution in [3.05, 3.63) is 182 Å². The summed E-state index contributed by atoms with van der Waals surface area (Å²) in [5, 5.41) is 4.72. The van der Waals surface area contributed by atoms with Crippen molar-refractivity contribution >= 4 is 43.7 Å². The van der Waals surface area contributed by atoms with Crippen molar-refractivity contribution in [2.75, 3.05) is 0 Å². The van der Waals surface area contributed by atoms with Crippen LogP contribution in [0.1, 0.15) is 0 Å². The Kier molecular flexibility index (Phi) is 6.46. The molecule has 234 valence electrons. The van der Waals surface area contributed by atoms with Crippen LogP contribution in [-0.4, -0.2) is 19.1 Å². The second-order valence-electron chi connectivity index (χ2n) is 12.7. The molecule has 0 aliphatic rings. The third-order valence-corrected chi connectivity index (χ3v) is 9.77. The molecule has 0 radical (unpaired) electrons. The Morgan fingerprint density at radius 2 is 1.00 bits per heavy atom. The summed E-state index contributed by atoms with van der Waals surface area (Å²) < 4.78 is 4.59. The summed E-state index contributed by atoms with van der Waals surface area (Å²) in [7, 11) is 0. The quantitative estimate of drug-likeness (QED) is 0.188. The maximum atomic E-state index is 5.30. The van der Waals surface area contributed by atoms with Crippen molar-refractivity contribution in [3.8, 4) is 45.0 Å². The second-order valence-corrected chi connectivity index (χ2v) is 12.7. The van der Waals surface area contributed by atoms with Gasteiger partial charge in [-0.05, 0) is 82.9 Å². The molecule has 0 saturated carbocycles. The molecule has 0 spiro atoms. The number of rotatable bonds is 5. The first-order chi connectivity index (χ1) is 24.8. The van der Waals surface area contributed by atoms with Crippen LogP contribution in [0, 0.1) is 0 Å². The van der Waals surface area contributed by atoms with Crippen molar-refractivity contribution in [1.82, 2.24) is 19.1 Å². The van der Waals surface area contributed by atoms with Gasteiger partial charge in [0.25, 0.3) is 0 Å². The first kappa shape index (κ1) is 28.3. The van der Waals surface area contributed by atoms with Crippen LogP contribution in [0.25, 0.3) is 88.8 Å². The van der Waals surface area contributed by atoms with E-state index >= 15 is 0 Å². The number of benzene rings is 6. The van der Waals surface area contributed by atoms with Gasteiger partial charge in [0.05, 0.1) is 22.2 Å². The molecule has 0 fully saturated rings. The smallest absolute Gasteiger partial charge is 0.146 e. The molecule has 10 aromatic rings. The summed E-state index contributed by atoms with van der Waals surface area (Å²) in [5.41, 5.74) is 12.1. The molecule has 0 amide bonds. The van der Waals surface area contributed by atoms with E-state index in [9.17, 15) is 0 Å². The van der Waals surface area contributed by atoms with Crippen LogP contribution in [0.3, 0.4) is 0 Å². The molecular formula is C46H30N4. The Bertz CT molecular complexity index is 2790. The lowest BCUT2D eigenvalue weighted by molar-refractivity contribution is 1.06. The molecule has 0 atom stereocenters. The highest BCUT2D eigenvalue weighted by Crippen LogP contribution is 2.38. The fourth-order valence-electron chi connectivity index (χ4n) is 7.45. The van der Waals surface area contributed by atoms with E-state index in [-0.39, 0.29) is 0 Å². The summed E-state index contributed by atoms with van der Waals surface area (Å²) in [6.07, 6.45) is 1.87. The van der Waals surface area contributed by atoms with Crippen molar-refractivity contribution in [1.29, 1.82) is 0 Å². The van der Waals surface area contributed by atoms with Crippen LogP contribution in [0.5, 0.6) is 0 Å². The van der Waals surface area contributed by atoms with Gasteiger partial charge in [-0.3, -0.25) is 4.57 Å². The molecule has 0 aliphatic carbocycles. The highest BCUT2D eigenvalue weighted by atomic mass is 15.1. The van der Waals surface area contributed by atoms with Crippen molar-refractivity contribution in [2.24, 2.45) is 0 Å². The number of hydrogen-bond donors (Lipinski definition) is 0. The summed E-state index contributed by atoms with van der Waals surface area (Å²) in [5.74, 6) is 0.836. The highest BCUT2D eigenvalue weighted by molar-refractivity contribution is 6.12. The Labute approximate surface area is 289 Å². The minimum absolute atomic E-state index is 0.836. The zero-order valence-corrected chi connectivity index (χ0v) is 27.1. The lowest BCUT2D eigenvalue weighted by Gasteiger charge is -2.13. The first-order valence-electron chi connectivity index (χ1n) is 16.9. The molecule has 0 N–H and O–H groups in total. The van der Waals surface area contributed by atoms with Crippen LogP contribution in [0.15, 0.2) is 182 Å². The average molecular weight is 639 g/mol. The zero-order valence-electron chi connectivity index (χ0n) is 27.1. The molecule has 10 rings (SSSR count). The normalized spacial score (nSPS) is 11.6. The van der Waals surface area contributed by atoms with E-state index in [0.717, 1.165) is 67.0 Å². The number of hydrogen-bond acceptors (Lipinski definition) is 2. The summed E-state index contributed by atoms with van der Waals surface area (Å²) in [6, 6.07) is 62.4. The molecule has 6 aromatic carbocycles. The maximum Gasteiger partial charge on any atom is 0.146 e. The van der Waals surface area contributed by atoms with Gasteiger partial charge >= 0.3 is 0 Å². The molecule has 0 bridgehead atoms. The predicted octanol–water partition coefficient (Wildman–Crippen LogP) is 11.7. The number of aromatic nitrogens is 4. The van der Waals surface area contributed by atoms with E-state index in [1.165, 1.54) is 21.8 Å². The molecule has 4 aromatic heterocycles. The minimum atomic E-state index is 0.836. The molecular weight excluding hydrogens is 609 g/mol. The molecule has 0 aliphatic heterocycles. The third kappa shape index (κ3) is 4.54. The average Bonchev–Trinajstić information content (AvgIpc) is 3.71. The second kappa shape index (κ2) is 11.4. The van der Waals surface area contributed by atoms with Gasteiger partial charge in [0, 0.05) is 39.0 Å². The van der Waals surface area contributed by atoms with Gasteiger partial charge in [-0.1, -0.05) is 115 Å². The van der Waals surface area contributed by atoms with Crippen molar-refractivity contribution in [3.63, 3.8) is 0 Å². The Balaban J connectivity index is 1.20. The lowest BCUT2D eigenvalue weighted by Crippen LogP contribution is -2.01. The summed E-state index contributed by atoms with van der Waals surface area (Å²) >= 11 is 0. The van der Waals surface area contributed by atoms with Gasteiger partial charge in [-0.2, -0.15) is 0 Å². The van der Waals surface area contributed by atoms with E-state index in [1.807, 2.05) is 18.3 Å².